The zero-order valence-corrected chi connectivity index (χ0v) is 15.5. The summed E-state index contributed by atoms with van der Waals surface area (Å²) in [5, 5.41) is 7.62. The number of sulfonamides is 1. The second kappa shape index (κ2) is 6.02. The lowest BCUT2D eigenvalue weighted by Crippen LogP contribution is -2.15. The summed E-state index contributed by atoms with van der Waals surface area (Å²) in [6, 6.07) is 1.80. The minimum absolute atomic E-state index is 0.149. The summed E-state index contributed by atoms with van der Waals surface area (Å²) in [7, 11) is -2.34. The second-order valence-electron chi connectivity index (χ2n) is 4.88. The molecule has 0 radical (unpaired) electrons. The van der Waals surface area contributed by atoms with E-state index < -0.39 is 15.2 Å². The van der Waals surface area contributed by atoms with Crippen LogP contribution in [0.2, 0.25) is 0 Å². The number of ether oxygens (including phenoxy) is 1. The summed E-state index contributed by atoms with van der Waals surface area (Å²) >= 11 is 3.23. The number of halogens is 1. The molecule has 3 aromatic heterocycles. The quantitative estimate of drug-likeness (QED) is 0.663. The molecule has 0 spiro atoms. The number of nitrogens with one attached hydrogen (secondary N) is 1. The van der Waals surface area contributed by atoms with Gasteiger partial charge in [-0.3, -0.25) is 9.40 Å². The smallest absolute Gasteiger partial charge is 0.319 e. The number of aryl methyl sites for hydroxylation is 2. The van der Waals surface area contributed by atoms with E-state index in [1.807, 2.05) is 0 Å². The lowest BCUT2D eigenvalue weighted by molar-refractivity contribution is 0.301. The number of anilines is 1. The van der Waals surface area contributed by atoms with Crippen molar-refractivity contribution in [1.82, 2.24) is 29.4 Å². The van der Waals surface area contributed by atoms with Crippen molar-refractivity contribution in [2.24, 2.45) is 7.05 Å². The Morgan fingerprint density at radius 1 is 1.33 bits per heavy atom. The molecule has 0 saturated carbocycles. The largest absolute Gasteiger partial charge is 0.464 e. The minimum atomic E-state index is -4.01. The molecule has 3 rings (SSSR count). The zero-order chi connectivity index (χ0) is 17.5. The van der Waals surface area contributed by atoms with Gasteiger partial charge in [0.25, 0.3) is 5.16 Å². The Morgan fingerprint density at radius 2 is 2.08 bits per heavy atom. The van der Waals surface area contributed by atoms with Gasteiger partial charge in [0, 0.05) is 25.0 Å². The first kappa shape index (κ1) is 16.6. The topological polar surface area (TPSA) is 116 Å². The molecule has 0 unspecified atom stereocenters. The average Bonchev–Trinajstić information content (AvgIpc) is 3.03. The Bertz CT molecular complexity index is 1010. The normalized spacial score (nSPS) is 11.8. The number of nitrogens with zero attached hydrogens (tertiary/aromatic N) is 6. The van der Waals surface area contributed by atoms with E-state index in [-0.39, 0.29) is 11.8 Å². The summed E-state index contributed by atoms with van der Waals surface area (Å²) in [6.45, 7) is 3.92. The molecule has 0 bridgehead atoms. The van der Waals surface area contributed by atoms with E-state index in [1.165, 1.54) is 9.20 Å². The molecule has 128 valence electrons. The fourth-order valence-corrected chi connectivity index (χ4v) is 3.50. The highest BCUT2D eigenvalue weighted by Gasteiger charge is 2.24. The van der Waals surface area contributed by atoms with Crippen molar-refractivity contribution in [2.45, 2.75) is 19.0 Å². The summed E-state index contributed by atoms with van der Waals surface area (Å²) in [5.74, 6) is 0.149. The number of hydrogen-bond donors (Lipinski definition) is 1. The Morgan fingerprint density at radius 3 is 2.71 bits per heavy atom. The molecule has 0 aliphatic carbocycles. The Kier molecular flexibility index (Phi) is 4.17. The van der Waals surface area contributed by atoms with E-state index in [1.54, 1.807) is 33.2 Å². The van der Waals surface area contributed by atoms with Crippen molar-refractivity contribution in [1.29, 1.82) is 0 Å². The molecule has 0 aliphatic heterocycles. The standard InChI is InChI=1S/C12H14BrN7O3S/c1-4-23-12-14-7(2)5-9-15-11(17-20(9)12)24(21,22)18-10-8(13)6-19(3)16-10/h5-6H,4H2,1-3H3,(H,16,18). The van der Waals surface area contributed by atoms with Crippen molar-refractivity contribution in [3.8, 4) is 6.01 Å². The van der Waals surface area contributed by atoms with Crippen LogP contribution in [0.1, 0.15) is 12.6 Å². The lowest BCUT2D eigenvalue weighted by atomic mass is 10.4. The van der Waals surface area contributed by atoms with Gasteiger partial charge in [-0.25, -0.2) is 4.98 Å². The SMILES string of the molecule is CCOc1nc(C)cc2nc(S(=O)(=O)Nc3nn(C)cc3Br)nn12. The van der Waals surface area contributed by atoms with Gasteiger partial charge in [-0.05, 0) is 29.8 Å². The minimum Gasteiger partial charge on any atom is -0.464 e. The molecule has 0 aliphatic rings. The van der Waals surface area contributed by atoms with Crippen LogP contribution >= 0.6 is 15.9 Å². The van der Waals surface area contributed by atoms with E-state index in [0.29, 0.717) is 22.4 Å². The van der Waals surface area contributed by atoms with E-state index in [2.05, 4.69) is 40.8 Å². The van der Waals surface area contributed by atoms with Crippen LogP contribution in [0.5, 0.6) is 6.01 Å². The third kappa shape index (κ3) is 3.06. The summed E-state index contributed by atoms with van der Waals surface area (Å²) in [5.41, 5.74) is 0.967. The highest BCUT2D eigenvalue weighted by atomic mass is 79.9. The molecule has 12 heteroatoms. The van der Waals surface area contributed by atoms with Crippen LogP contribution in [0, 0.1) is 6.92 Å². The van der Waals surface area contributed by atoms with Crippen LogP contribution in [0.4, 0.5) is 5.82 Å². The van der Waals surface area contributed by atoms with Gasteiger partial charge in [0.2, 0.25) is 0 Å². The van der Waals surface area contributed by atoms with Crippen LogP contribution < -0.4 is 9.46 Å². The van der Waals surface area contributed by atoms with Crippen molar-refractivity contribution < 1.29 is 13.2 Å². The van der Waals surface area contributed by atoms with Crippen molar-refractivity contribution in [3.05, 3.63) is 22.4 Å². The summed E-state index contributed by atoms with van der Waals surface area (Å²) in [4.78, 5) is 8.24. The maximum atomic E-state index is 12.5. The van der Waals surface area contributed by atoms with Crippen molar-refractivity contribution >= 4 is 37.4 Å². The fourth-order valence-electron chi connectivity index (χ4n) is 1.99. The molecule has 0 amide bonds. The predicted molar refractivity (Wildman–Crippen MR) is 88.4 cm³/mol. The summed E-state index contributed by atoms with van der Waals surface area (Å²) < 4.78 is 36.0. The summed E-state index contributed by atoms with van der Waals surface area (Å²) in [6.07, 6.45) is 1.62. The van der Waals surface area contributed by atoms with E-state index in [4.69, 9.17) is 4.74 Å². The van der Waals surface area contributed by atoms with Gasteiger partial charge in [0.1, 0.15) is 0 Å². The maximum Gasteiger partial charge on any atom is 0.319 e. The second-order valence-corrected chi connectivity index (χ2v) is 7.31. The monoisotopic (exact) mass is 415 g/mol. The van der Waals surface area contributed by atoms with Crippen molar-refractivity contribution in [2.75, 3.05) is 11.3 Å². The Balaban J connectivity index is 2.05. The van der Waals surface area contributed by atoms with Crippen LogP contribution in [0.25, 0.3) is 5.65 Å². The van der Waals surface area contributed by atoms with Gasteiger partial charge < -0.3 is 4.74 Å². The predicted octanol–water partition coefficient (Wildman–Crippen LogP) is 1.13. The van der Waals surface area contributed by atoms with Gasteiger partial charge in [0.05, 0.1) is 11.1 Å². The number of hydrogen-bond acceptors (Lipinski definition) is 7. The number of rotatable bonds is 5. The van der Waals surface area contributed by atoms with Crippen LogP contribution in [0.3, 0.4) is 0 Å². The number of fused-ring (bicyclic) bond motifs is 1. The highest BCUT2D eigenvalue weighted by Crippen LogP contribution is 2.22. The molecule has 0 fully saturated rings. The molecule has 10 nitrogen and oxygen atoms in total. The molecule has 1 N–H and O–H groups in total. The van der Waals surface area contributed by atoms with Gasteiger partial charge in [-0.15, -0.1) is 5.10 Å². The van der Waals surface area contributed by atoms with Gasteiger partial charge in [-0.1, -0.05) is 0 Å². The van der Waals surface area contributed by atoms with Crippen LogP contribution in [-0.2, 0) is 17.1 Å². The van der Waals surface area contributed by atoms with Crippen molar-refractivity contribution in [3.63, 3.8) is 0 Å². The number of aromatic nitrogens is 6. The first-order valence-corrected chi connectivity index (χ1v) is 9.17. The Hall–Kier alpha value is -2.21. The molecule has 0 aromatic carbocycles. The molecule has 0 atom stereocenters. The van der Waals surface area contributed by atoms with Gasteiger partial charge in [-0.2, -0.15) is 23.0 Å². The fraction of sp³-hybridized carbons (Fsp3) is 0.333. The maximum absolute atomic E-state index is 12.5. The van der Waals surface area contributed by atoms with Crippen LogP contribution in [-0.4, -0.2) is 44.4 Å². The van der Waals surface area contributed by atoms with Gasteiger partial charge >= 0.3 is 16.0 Å². The molecule has 3 heterocycles. The highest BCUT2D eigenvalue weighted by molar-refractivity contribution is 9.10. The van der Waals surface area contributed by atoms with Crippen LogP contribution in [0.15, 0.2) is 21.9 Å². The Labute approximate surface area is 146 Å². The molecule has 3 aromatic rings. The molecule has 0 saturated heterocycles. The third-order valence-electron chi connectivity index (χ3n) is 2.93. The van der Waals surface area contributed by atoms with E-state index in [9.17, 15) is 8.42 Å². The molecular formula is C12H14BrN7O3S. The molecular weight excluding hydrogens is 402 g/mol. The third-order valence-corrected chi connectivity index (χ3v) is 4.63. The van der Waals surface area contributed by atoms with E-state index in [0.717, 1.165) is 0 Å². The average molecular weight is 416 g/mol. The first-order valence-electron chi connectivity index (χ1n) is 6.89. The van der Waals surface area contributed by atoms with E-state index >= 15 is 0 Å². The lowest BCUT2D eigenvalue weighted by Gasteiger charge is -2.04. The first-order chi connectivity index (χ1) is 11.3. The molecule has 24 heavy (non-hydrogen) atoms. The van der Waals surface area contributed by atoms with Gasteiger partial charge in [0.15, 0.2) is 11.5 Å². The zero-order valence-electron chi connectivity index (χ0n) is 13.1.